The van der Waals surface area contributed by atoms with Crippen LogP contribution >= 0.6 is 0 Å². The van der Waals surface area contributed by atoms with Crippen LogP contribution < -0.4 is 21.3 Å². The van der Waals surface area contributed by atoms with E-state index in [1.54, 1.807) is 0 Å². The highest BCUT2D eigenvalue weighted by Gasteiger charge is 2.65. The van der Waals surface area contributed by atoms with Crippen molar-refractivity contribution >= 4 is 35.6 Å². The van der Waals surface area contributed by atoms with Crippen LogP contribution in [0, 0.1) is 0 Å². The largest absolute Gasteiger partial charge is 0.477 e. The quantitative estimate of drug-likeness (QED) is 0.0284. The van der Waals surface area contributed by atoms with E-state index in [0.29, 0.717) is 0 Å². The molecule has 0 aromatic carbocycles. The Bertz CT molecular complexity index is 3150. The number of aliphatic hydroxyl groups excluding tert-OH is 26. The Morgan fingerprint density at radius 1 is 0.357 bits per heavy atom. The summed E-state index contributed by atoms with van der Waals surface area (Å²) >= 11 is 0. The number of hydrogen-bond donors (Lipinski definition) is 32. The van der Waals surface area contributed by atoms with Crippen LogP contribution in [0.25, 0.3) is 0 Å². The average molecular weight is 1690 g/mol. The van der Waals surface area contributed by atoms with Gasteiger partial charge in [0.15, 0.2) is 37.7 Å². The zero-order valence-electron chi connectivity index (χ0n) is 60.7. The Hall–Kier alpha value is -4.82. The van der Waals surface area contributed by atoms with Gasteiger partial charge < -0.3 is 235 Å². The molecule has 32 N–H and O–H groups in total. The molecule has 4 amide bonds. The summed E-state index contributed by atoms with van der Waals surface area (Å²) < 4.78 is 87.6. The molecule has 42 atom stereocenters. The van der Waals surface area contributed by atoms with Crippen molar-refractivity contribution in [3.63, 3.8) is 0 Å². The normalized spacial score (nSPS) is 45.0. The summed E-state index contributed by atoms with van der Waals surface area (Å²) in [5.74, 6) is -16.1. The monoisotopic (exact) mass is 1690 g/mol. The molecular formula is C62H102N4O49. The van der Waals surface area contributed by atoms with E-state index in [1.807, 2.05) is 5.32 Å². The topological polar surface area (TPSA) is 855 Å². The molecule has 53 nitrogen and oxygen atoms in total. The molecule has 115 heavy (non-hydrogen) atoms. The molecule has 0 aromatic rings. The highest BCUT2D eigenvalue weighted by Crippen LogP contribution is 2.44. The van der Waals surface area contributed by atoms with Crippen molar-refractivity contribution in [1.29, 1.82) is 0 Å². The number of aliphatic carboxylic acids is 2. The van der Waals surface area contributed by atoms with Crippen LogP contribution in [0.1, 0.15) is 26.7 Å². The van der Waals surface area contributed by atoms with Crippen LogP contribution in [0.3, 0.4) is 0 Å². The van der Waals surface area contributed by atoms with Crippen LogP contribution in [-0.4, -0.2) is 501 Å². The van der Waals surface area contributed by atoms with Gasteiger partial charge in [0.1, 0.15) is 196 Å². The van der Waals surface area contributed by atoms with E-state index in [1.165, 1.54) is 0 Å². The van der Waals surface area contributed by atoms with Gasteiger partial charge >= 0.3 is 11.9 Å². The minimum absolute atomic E-state index is 0.835. The Morgan fingerprint density at radius 2 is 0.687 bits per heavy atom. The average Bonchev–Trinajstić information content (AvgIpc) is 0.757. The highest BCUT2D eigenvalue weighted by molar-refractivity contribution is 5.79. The standard InChI is InChI=1S/C62H102N4O49/c1-15(77)63-31-38(90)44(107-57-42(94)51(37(89)23(9-71)104-57)114-61(59(97)98)3-17(79)29(65-27(83)13-75)48(112-61)33(85)19(81)5-67)25(11-73)105-54(31)111-50-36(88)22(8-70)103-56(41(50)93)110-47-32(64-16(2)78)55(102-21(7-69)35(47)87)109-46-26(12-74)106-58(108-45-24(10-72)101-53(96)40(92)39(45)91)43(95)52(46)115-62(60(99)100)4-18(80)30(66-28(84)14-76)49(113-62)34(86)20(82)6-68/h17-26,29-58,67-76,79-82,85-96H,3-14H2,1-2H3,(H,63,77)(H,64,78)(H,65,83)(H,66,84)(H,97,98)(H,99,100)/t17-,18-,19+,20+,21+,22+,23+,24+,25+,26+,29+,30+,31+,32+,33+,34+,35-,36-,37-,38+,39+,40+,41+,42+,43+,44+,45+,46-,47+,48+,49+,50-,51-,52+,53+,54-,55-,56-,57-,58-,61-,62-/m0/s1. The van der Waals surface area contributed by atoms with Gasteiger partial charge in [-0.15, -0.1) is 0 Å². The molecule has 8 heterocycles. The summed E-state index contributed by atoms with van der Waals surface area (Å²) in [4.78, 5) is 78.2. The third-order valence-electron chi connectivity index (χ3n) is 20.4. The second-order valence-electron chi connectivity index (χ2n) is 28.2. The summed E-state index contributed by atoms with van der Waals surface area (Å²) in [6.45, 7) is -11.0. The molecule has 8 saturated heterocycles. The second-order valence-corrected chi connectivity index (χ2v) is 28.2. The van der Waals surface area contributed by atoms with Crippen molar-refractivity contribution in [2.75, 3.05) is 66.1 Å². The fourth-order valence-corrected chi connectivity index (χ4v) is 14.5. The van der Waals surface area contributed by atoms with Crippen molar-refractivity contribution in [1.82, 2.24) is 21.3 Å². The highest BCUT2D eigenvalue weighted by atomic mass is 16.8. The number of hydrogen-bond acceptors (Lipinski definition) is 47. The lowest BCUT2D eigenvalue weighted by molar-refractivity contribution is -0.404. The van der Waals surface area contributed by atoms with Gasteiger partial charge in [0.2, 0.25) is 23.6 Å². The molecule has 0 spiro atoms. The molecule has 8 aliphatic rings. The van der Waals surface area contributed by atoms with Gasteiger partial charge in [0.05, 0.1) is 77.1 Å². The predicted molar refractivity (Wildman–Crippen MR) is 348 cm³/mol. The molecule has 8 rings (SSSR count). The van der Waals surface area contributed by atoms with Crippen molar-refractivity contribution in [3.05, 3.63) is 0 Å². The van der Waals surface area contributed by atoms with Crippen molar-refractivity contribution in [3.8, 4) is 0 Å². The van der Waals surface area contributed by atoms with E-state index in [0.717, 1.165) is 13.8 Å². The van der Waals surface area contributed by atoms with Crippen LogP contribution in [-0.2, 0) is 99.8 Å². The molecular weight excluding hydrogens is 1580 g/mol. The number of nitrogens with one attached hydrogen (secondary N) is 4. The second kappa shape index (κ2) is 41.2. The van der Waals surface area contributed by atoms with E-state index in [9.17, 15) is 172 Å². The number of amides is 4. The van der Waals surface area contributed by atoms with E-state index in [-0.39, 0.29) is 0 Å². The van der Waals surface area contributed by atoms with E-state index in [2.05, 4.69) is 16.0 Å². The molecule has 8 fully saturated rings. The molecule has 0 bridgehead atoms. The maximum atomic E-state index is 13.8. The molecule has 0 aliphatic carbocycles. The molecule has 0 saturated carbocycles. The van der Waals surface area contributed by atoms with Crippen molar-refractivity contribution in [2.45, 2.75) is 283 Å². The summed E-state index contributed by atoms with van der Waals surface area (Å²) in [6, 6.07) is -8.16. The number of rotatable bonds is 34. The number of carboxylic acid groups (broad SMARTS) is 2. The van der Waals surface area contributed by atoms with Gasteiger partial charge in [0, 0.05) is 26.7 Å². The summed E-state index contributed by atoms with van der Waals surface area (Å²) in [6.07, 6.45) is -85.6. The maximum Gasteiger partial charge on any atom is 0.364 e. The summed E-state index contributed by atoms with van der Waals surface area (Å²) in [5, 5.41) is 315. The van der Waals surface area contributed by atoms with Crippen LogP contribution in [0.2, 0.25) is 0 Å². The lowest BCUT2D eigenvalue weighted by Gasteiger charge is -2.53. The number of carboxylic acids is 2. The third kappa shape index (κ3) is 20.9. The van der Waals surface area contributed by atoms with Crippen molar-refractivity contribution in [2.24, 2.45) is 0 Å². The van der Waals surface area contributed by atoms with E-state index >= 15 is 0 Å². The van der Waals surface area contributed by atoms with Gasteiger partial charge in [-0.1, -0.05) is 0 Å². The molecule has 0 unspecified atom stereocenters. The van der Waals surface area contributed by atoms with Crippen LogP contribution in [0.5, 0.6) is 0 Å². The first-order valence-electron chi connectivity index (χ1n) is 35.7. The lowest BCUT2D eigenvalue weighted by atomic mass is 9.88. The smallest absolute Gasteiger partial charge is 0.364 e. The Labute approximate surface area is 647 Å². The molecule has 664 valence electrons. The SMILES string of the molecule is CC(=O)N[C@H]1[C@H](O[C@H]2[C@@H](O)[C@@H](CO)O[C@@H](O[C@H]3[C@@H](O)[C@@H](CO)O[C@@H](O[C@@H]4[C@H](O[C@]5(C(=O)O)C[C@H](O)[C@@H](NC(=O)CO)[C@H]([C@H](O)[C@H](O)CO)O5)[C@@H](O)[C@H](O[C@H]5[C@H](O)[C@@H](O)[C@H](O)O[C@@H]5CO)O[C@@H]4CO)[C@@H]3NC(C)=O)[C@@H]2O)O[C@H](CO)[C@@H](O[C@@H]2O[C@H](CO)[C@H](O)[C@H](O[C@]3(C(=O)O)C[C@H](O)[C@@H](NC(=O)CO)[C@H]([C@H](O)[C@H](O)CO)O3)[C@H]2O)[C@@H]1O. The molecule has 0 aromatic heterocycles. The fraction of sp³-hybridized carbons (Fsp3) is 0.903. The Kier molecular flexibility index (Phi) is 34.2. The lowest BCUT2D eigenvalue weighted by Crippen LogP contribution is -2.72. The first-order valence-corrected chi connectivity index (χ1v) is 35.7. The van der Waals surface area contributed by atoms with Gasteiger partial charge in [-0.3, -0.25) is 19.2 Å². The Morgan fingerprint density at radius 3 is 1.11 bits per heavy atom. The first kappa shape index (κ1) is 95.6. The van der Waals surface area contributed by atoms with Crippen molar-refractivity contribution < 1.29 is 243 Å². The fourth-order valence-electron chi connectivity index (χ4n) is 14.5. The predicted octanol–water partition coefficient (Wildman–Crippen LogP) is -21.5. The van der Waals surface area contributed by atoms with Gasteiger partial charge in [0.25, 0.3) is 11.6 Å². The van der Waals surface area contributed by atoms with Gasteiger partial charge in [-0.05, 0) is 0 Å². The van der Waals surface area contributed by atoms with E-state index < -0.39 is 371 Å². The van der Waals surface area contributed by atoms with Crippen LogP contribution in [0.4, 0.5) is 0 Å². The molecule has 0 radical (unpaired) electrons. The third-order valence-corrected chi connectivity index (χ3v) is 20.4. The number of carbonyl (C=O) groups is 6. The van der Waals surface area contributed by atoms with Gasteiger partial charge in [-0.25, -0.2) is 9.59 Å². The number of aliphatic hydroxyl groups is 26. The minimum Gasteiger partial charge on any atom is -0.477 e. The zero-order valence-corrected chi connectivity index (χ0v) is 60.7. The van der Waals surface area contributed by atoms with E-state index in [4.69, 9.17) is 71.1 Å². The number of ether oxygens (including phenoxy) is 15. The summed E-state index contributed by atoms with van der Waals surface area (Å²) in [5.41, 5.74) is 0. The van der Waals surface area contributed by atoms with Crippen LogP contribution in [0.15, 0.2) is 0 Å². The first-order chi connectivity index (χ1) is 54.2. The maximum absolute atomic E-state index is 13.8. The number of carbonyl (C=O) groups excluding carboxylic acids is 4. The minimum atomic E-state index is -3.55. The Balaban J connectivity index is 1.10. The van der Waals surface area contributed by atoms with Gasteiger partial charge in [-0.2, -0.15) is 0 Å². The molecule has 8 aliphatic heterocycles. The summed E-state index contributed by atoms with van der Waals surface area (Å²) in [7, 11) is 0. The zero-order chi connectivity index (χ0) is 85.5. The molecule has 53 heteroatoms.